The molecule has 1 fully saturated rings. The Hall–Kier alpha value is -1.43. The van der Waals surface area contributed by atoms with E-state index in [0.717, 1.165) is 12.8 Å². The fourth-order valence-electron chi connectivity index (χ4n) is 2.39. The minimum absolute atomic E-state index is 0.0632. The fourth-order valence-corrected chi connectivity index (χ4v) is 2.39. The molecule has 0 aromatic rings. The van der Waals surface area contributed by atoms with Gasteiger partial charge in [-0.1, -0.05) is 26.7 Å². The second kappa shape index (κ2) is 7.23. The molecule has 0 aromatic heterocycles. The summed E-state index contributed by atoms with van der Waals surface area (Å²) in [6.45, 7) is 3.95. The average molecular weight is 270 g/mol. The quantitative estimate of drug-likeness (QED) is 0.560. The Balaban J connectivity index is 2.92. The van der Waals surface area contributed by atoms with E-state index in [2.05, 4.69) is 5.32 Å². The Labute approximate surface area is 113 Å². The van der Waals surface area contributed by atoms with Crippen LogP contribution in [0.25, 0.3) is 0 Å². The number of hydrogen-bond donors (Lipinski definition) is 1. The third-order valence-corrected chi connectivity index (χ3v) is 3.38. The number of esters is 1. The molecule has 2 unspecified atom stereocenters. The van der Waals surface area contributed by atoms with Crippen LogP contribution in [0.3, 0.4) is 0 Å². The molecule has 0 aliphatic carbocycles. The van der Waals surface area contributed by atoms with Crippen molar-refractivity contribution < 1.29 is 19.1 Å². The van der Waals surface area contributed by atoms with Crippen LogP contribution >= 0.6 is 0 Å². The third-order valence-electron chi connectivity index (χ3n) is 3.38. The topological polar surface area (TPSA) is 75.7 Å². The van der Waals surface area contributed by atoms with Gasteiger partial charge in [0.1, 0.15) is 6.04 Å². The number of carbonyl (C=O) groups is 3. The van der Waals surface area contributed by atoms with E-state index in [1.54, 1.807) is 4.90 Å². The first-order valence-electron chi connectivity index (χ1n) is 6.72. The van der Waals surface area contributed by atoms with Crippen LogP contribution in [0.2, 0.25) is 0 Å². The van der Waals surface area contributed by atoms with Crippen LogP contribution in [0.5, 0.6) is 0 Å². The van der Waals surface area contributed by atoms with Crippen molar-refractivity contribution in [1.29, 1.82) is 0 Å². The molecular weight excluding hydrogens is 248 g/mol. The Morgan fingerprint density at radius 2 is 2.16 bits per heavy atom. The van der Waals surface area contributed by atoms with E-state index < -0.39 is 12.1 Å². The number of carbonyl (C=O) groups excluding carboxylic acids is 3. The molecule has 19 heavy (non-hydrogen) atoms. The van der Waals surface area contributed by atoms with E-state index in [-0.39, 0.29) is 24.3 Å². The van der Waals surface area contributed by atoms with E-state index in [1.165, 1.54) is 7.11 Å². The van der Waals surface area contributed by atoms with Crippen molar-refractivity contribution in [2.75, 3.05) is 13.7 Å². The maximum atomic E-state index is 11.9. The number of unbranched alkanes of at least 4 members (excludes halogenated alkanes) is 1. The van der Waals surface area contributed by atoms with Gasteiger partial charge < -0.3 is 4.74 Å². The maximum absolute atomic E-state index is 11.9. The monoisotopic (exact) mass is 270 g/mol. The molecule has 1 N–H and O–H groups in total. The van der Waals surface area contributed by atoms with Crippen LogP contribution in [0.1, 0.15) is 39.5 Å². The van der Waals surface area contributed by atoms with Gasteiger partial charge in [0.25, 0.3) is 0 Å². The summed E-state index contributed by atoms with van der Waals surface area (Å²) < 4.78 is 4.80. The van der Waals surface area contributed by atoms with Crippen LogP contribution in [0, 0.1) is 0 Å². The summed E-state index contributed by atoms with van der Waals surface area (Å²) in [6, 6.07) is -0.969. The van der Waals surface area contributed by atoms with Gasteiger partial charge in [-0.05, 0) is 12.8 Å². The van der Waals surface area contributed by atoms with Crippen molar-refractivity contribution in [1.82, 2.24) is 10.2 Å². The molecule has 0 saturated carbocycles. The predicted molar refractivity (Wildman–Crippen MR) is 69.3 cm³/mol. The average Bonchev–Trinajstić information content (AvgIpc) is 2.38. The summed E-state index contributed by atoms with van der Waals surface area (Å²) in [4.78, 5) is 36.9. The Kier molecular flexibility index (Phi) is 5.95. The van der Waals surface area contributed by atoms with Gasteiger partial charge in [0, 0.05) is 0 Å². The third kappa shape index (κ3) is 3.76. The van der Waals surface area contributed by atoms with Crippen molar-refractivity contribution in [3.8, 4) is 0 Å². The Bertz CT molecular complexity index is 357. The molecule has 0 aromatic carbocycles. The number of hydrogen-bond acceptors (Lipinski definition) is 5. The Morgan fingerprint density at radius 1 is 1.47 bits per heavy atom. The first-order valence-corrected chi connectivity index (χ1v) is 6.72. The fraction of sp³-hybridized carbons (Fsp3) is 0.769. The minimum Gasteiger partial charge on any atom is -0.468 e. The molecule has 2 amide bonds. The molecule has 6 heteroatoms. The molecule has 0 bridgehead atoms. The minimum atomic E-state index is -0.523. The number of piperazine rings is 1. The SMILES string of the molecule is CCCCC(C(=O)OC)N1CC(=O)NC(=O)C1CC. The number of methoxy groups -OCH3 is 1. The van der Waals surface area contributed by atoms with Crippen LogP contribution in [0.4, 0.5) is 0 Å². The smallest absolute Gasteiger partial charge is 0.323 e. The molecule has 1 heterocycles. The van der Waals surface area contributed by atoms with Gasteiger partial charge in [-0.2, -0.15) is 0 Å². The molecule has 2 atom stereocenters. The van der Waals surface area contributed by atoms with E-state index in [1.807, 2.05) is 13.8 Å². The standard InChI is InChI=1S/C13H22N2O4/c1-4-6-7-10(13(18)19-3)15-8-11(16)14-12(17)9(15)5-2/h9-10H,4-8H2,1-3H3,(H,14,16,17). The summed E-state index contributed by atoms with van der Waals surface area (Å²) in [5, 5.41) is 2.31. The normalized spacial score (nSPS) is 21.9. The molecule has 1 saturated heterocycles. The zero-order chi connectivity index (χ0) is 14.4. The Morgan fingerprint density at radius 3 is 2.68 bits per heavy atom. The van der Waals surface area contributed by atoms with E-state index in [0.29, 0.717) is 12.8 Å². The highest BCUT2D eigenvalue weighted by atomic mass is 16.5. The van der Waals surface area contributed by atoms with Gasteiger partial charge in [-0.25, -0.2) is 0 Å². The summed E-state index contributed by atoms with van der Waals surface area (Å²) in [5.41, 5.74) is 0. The van der Waals surface area contributed by atoms with Crippen LogP contribution in [-0.2, 0) is 19.1 Å². The molecule has 1 aliphatic rings. The second-order valence-electron chi connectivity index (χ2n) is 4.69. The summed E-state index contributed by atoms with van der Waals surface area (Å²) >= 11 is 0. The second-order valence-corrected chi connectivity index (χ2v) is 4.69. The van der Waals surface area contributed by atoms with Crippen LogP contribution < -0.4 is 5.32 Å². The van der Waals surface area contributed by atoms with E-state index >= 15 is 0 Å². The van der Waals surface area contributed by atoms with E-state index in [4.69, 9.17) is 4.74 Å². The molecule has 0 radical (unpaired) electrons. The number of amides is 2. The molecule has 108 valence electrons. The molecule has 0 spiro atoms. The lowest BCUT2D eigenvalue weighted by atomic mass is 10.0. The number of nitrogens with zero attached hydrogens (tertiary/aromatic N) is 1. The summed E-state index contributed by atoms with van der Waals surface area (Å²) in [6.07, 6.45) is 2.94. The maximum Gasteiger partial charge on any atom is 0.323 e. The molecule has 1 rings (SSSR count). The molecule has 6 nitrogen and oxygen atoms in total. The largest absolute Gasteiger partial charge is 0.468 e. The van der Waals surface area contributed by atoms with Gasteiger partial charge in [-0.3, -0.25) is 24.6 Å². The summed E-state index contributed by atoms with van der Waals surface area (Å²) in [7, 11) is 1.33. The lowest BCUT2D eigenvalue weighted by molar-refractivity contribution is -0.153. The van der Waals surface area contributed by atoms with Crippen molar-refractivity contribution >= 4 is 17.8 Å². The van der Waals surface area contributed by atoms with Crippen molar-refractivity contribution in [3.05, 3.63) is 0 Å². The highest BCUT2D eigenvalue weighted by Gasteiger charge is 2.39. The highest BCUT2D eigenvalue weighted by molar-refractivity contribution is 6.01. The van der Waals surface area contributed by atoms with Crippen LogP contribution in [-0.4, -0.2) is 48.4 Å². The van der Waals surface area contributed by atoms with Crippen molar-refractivity contribution in [3.63, 3.8) is 0 Å². The first-order chi connectivity index (χ1) is 9.04. The zero-order valence-corrected chi connectivity index (χ0v) is 11.8. The summed E-state index contributed by atoms with van der Waals surface area (Å²) in [5.74, 6) is -1.07. The zero-order valence-electron chi connectivity index (χ0n) is 11.8. The van der Waals surface area contributed by atoms with E-state index in [9.17, 15) is 14.4 Å². The number of imide groups is 1. The number of ether oxygens (including phenoxy) is 1. The molecular formula is C13H22N2O4. The van der Waals surface area contributed by atoms with Gasteiger partial charge in [0.05, 0.1) is 19.7 Å². The highest BCUT2D eigenvalue weighted by Crippen LogP contribution is 2.18. The van der Waals surface area contributed by atoms with Crippen molar-refractivity contribution in [2.24, 2.45) is 0 Å². The van der Waals surface area contributed by atoms with Gasteiger partial charge >= 0.3 is 5.97 Å². The van der Waals surface area contributed by atoms with Gasteiger partial charge in [0.2, 0.25) is 11.8 Å². The lowest BCUT2D eigenvalue weighted by Crippen LogP contribution is -2.62. The number of nitrogens with one attached hydrogen (secondary N) is 1. The molecule has 1 aliphatic heterocycles. The van der Waals surface area contributed by atoms with Gasteiger partial charge in [-0.15, -0.1) is 0 Å². The predicted octanol–water partition coefficient (Wildman–Crippen LogP) is 0.455. The van der Waals surface area contributed by atoms with Crippen molar-refractivity contribution in [2.45, 2.75) is 51.6 Å². The lowest BCUT2D eigenvalue weighted by Gasteiger charge is -2.37. The van der Waals surface area contributed by atoms with Crippen LogP contribution in [0.15, 0.2) is 0 Å². The number of rotatable bonds is 6. The first kappa shape index (κ1) is 15.6. The van der Waals surface area contributed by atoms with Gasteiger partial charge in [0.15, 0.2) is 0 Å².